The van der Waals surface area contributed by atoms with E-state index < -0.39 is 5.97 Å². The molecule has 0 atom stereocenters. The Labute approximate surface area is 92.4 Å². The average Bonchev–Trinajstić information content (AvgIpc) is 2.20. The summed E-state index contributed by atoms with van der Waals surface area (Å²) in [6.45, 7) is 4.00. The first-order valence-corrected chi connectivity index (χ1v) is 5.99. The molecule has 1 fully saturated rings. The zero-order chi connectivity index (χ0) is 11.3. The highest BCUT2D eigenvalue weighted by Gasteiger charge is 2.17. The topological polar surface area (TPSA) is 37.3 Å². The third kappa shape index (κ3) is 4.50. The van der Waals surface area contributed by atoms with Gasteiger partial charge in [-0.3, -0.25) is 0 Å². The monoisotopic (exact) mass is 210 g/mol. The van der Waals surface area contributed by atoms with Gasteiger partial charge in [0.15, 0.2) is 0 Å². The van der Waals surface area contributed by atoms with Crippen molar-refractivity contribution >= 4 is 5.97 Å². The van der Waals surface area contributed by atoms with Crippen LogP contribution in [0.5, 0.6) is 0 Å². The summed E-state index contributed by atoms with van der Waals surface area (Å²) in [5.41, 5.74) is 0.485. The van der Waals surface area contributed by atoms with Gasteiger partial charge in [-0.05, 0) is 31.6 Å². The van der Waals surface area contributed by atoms with E-state index in [9.17, 15) is 4.79 Å². The number of rotatable bonds is 4. The summed E-state index contributed by atoms with van der Waals surface area (Å²) in [6, 6.07) is 0. The lowest BCUT2D eigenvalue weighted by Crippen LogP contribution is -2.11. The summed E-state index contributed by atoms with van der Waals surface area (Å²) in [5, 5.41) is 8.69. The van der Waals surface area contributed by atoms with Gasteiger partial charge < -0.3 is 5.11 Å². The van der Waals surface area contributed by atoms with Crippen LogP contribution in [0, 0.1) is 11.8 Å². The van der Waals surface area contributed by atoms with Gasteiger partial charge in [-0.15, -0.1) is 0 Å². The van der Waals surface area contributed by atoms with E-state index in [4.69, 9.17) is 5.11 Å². The minimum atomic E-state index is -0.785. The van der Waals surface area contributed by atoms with Gasteiger partial charge >= 0.3 is 5.97 Å². The molecule has 0 aromatic rings. The largest absolute Gasteiger partial charge is 0.478 e. The molecule has 1 N–H and O–H groups in total. The number of hydrogen-bond donors (Lipinski definition) is 1. The molecule has 0 unspecified atom stereocenters. The van der Waals surface area contributed by atoms with E-state index in [2.05, 4.69) is 6.92 Å². The normalized spacial score (nSPS) is 27.7. The molecule has 1 aliphatic carbocycles. The van der Waals surface area contributed by atoms with Crippen LogP contribution in [0.25, 0.3) is 0 Å². The maximum absolute atomic E-state index is 10.6. The van der Waals surface area contributed by atoms with Crippen LogP contribution in [0.1, 0.15) is 52.4 Å². The smallest absolute Gasteiger partial charge is 0.330 e. The lowest BCUT2D eigenvalue weighted by atomic mass is 9.81. The first-order chi connectivity index (χ1) is 7.09. The Morgan fingerprint density at radius 2 is 1.93 bits per heavy atom. The van der Waals surface area contributed by atoms with Crippen LogP contribution in [-0.2, 0) is 4.79 Å². The molecule has 0 spiro atoms. The van der Waals surface area contributed by atoms with Crippen LogP contribution in [0.15, 0.2) is 11.6 Å². The first-order valence-electron chi connectivity index (χ1n) is 5.99. The van der Waals surface area contributed by atoms with E-state index in [-0.39, 0.29) is 0 Å². The van der Waals surface area contributed by atoms with Crippen molar-refractivity contribution in [3.63, 3.8) is 0 Å². The fraction of sp³-hybridized carbons (Fsp3) is 0.769. The van der Waals surface area contributed by atoms with Crippen molar-refractivity contribution in [3.8, 4) is 0 Å². The molecule has 2 heteroatoms. The Morgan fingerprint density at radius 1 is 1.33 bits per heavy atom. The van der Waals surface area contributed by atoms with Gasteiger partial charge in [0, 0.05) is 5.57 Å². The van der Waals surface area contributed by atoms with E-state index in [1.165, 1.54) is 25.7 Å². The third-order valence-corrected chi connectivity index (χ3v) is 3.50. The summed E-state index contributed by atoms with van der Waals surface area (Å²) in [6.07, 6.45) is 9.33. The molecule has 0 bridgehead atoms. The van der Waals surface area contributed by atoms with E-state index >= 15 is 0 Å². The Morgan fingerprint density at radius 3 is 2.47 bits per heavy atom. The molecule has 0 amide bonds. The van der Waals surface area contributed by atoms with Gasteiger partial charge in [-0.1, -0.05) is 38.7 Å². The van der Waals surface area contributed by atoms with E-state index in [0.717, 1.165) is 24.7 Å². The maximum atomic E-state index is 10.6. The second kappa shape index (κ2) is 5.94. The molecular weight excluding hydrogens is 188 g/mol. The molecule has 0 aromatic carbocycles. The van der Waals surface area contributed by atoms with Crippen molar-refractivity contribution in [2.24, 2.45) is 11.8 Å². The molecule has 0 radical (unpaired) electrons. The quantitative estimate of drug-likeness (QED) is 0.719. The molecule has 0 aromatic heterocycles. The molecule has 1 rings (SSSR count). The highest BCUT2D eigenvalue weighted by Crippen LogP contribution is 2.31. The molecular formula is C13H22O2. The zero-order valence-electron chi connectivity index (χ0n) is 9.83. The lowest BCUT2D eigenvalue weighted by Gasteiger charge is -2.25. The van der Waals surface area contributed by atoms with E-state index in [1.54, 1.807) is 6.92 Å². The van der Waals surface area contributed by atoms with E-state index in [0.29, 0.717) is 5.57 Å². The molecule has 2 nitrogen and oxygen atoms in total. The Kier molecular flexibility index (Phi) is 4.86. The van der Waals surface area contributed by atoms with E-state index in [1.807, 2.05) is 6.08 Å². The van der Waals surface area contributed by atoms with Crippen molar-refractivity contribution in [1.29, 1.82) is 0 Å². The summed E-state index contributed by atoms with van der Waals surface area (Å²) in [5.74, 6) is 0.948. The predicted molar refractivity (Wildman–Crippen MR) is 61.7 cm³/mol. The van der Waals surface area contributed by atoms with Gasteiger partial charge in [0.2, 0.25) is 0 Å². The predicted octanol–water partition coefficient (Wildman–Crippen LogP) is 3.62. The highest BCUT2D eigenvalue weighted by atomic mass is 16.4. The fourth-order valence-electron chi connectivity index (χ4n) is 2.24. The van der Waals surface area contributed by atoms with Crippen molar-refractivity contribution < 1.29 is 9.90 Å². The fourth-order valence-corrected chi connectivity index (χ4v) is 2.24. The molecule has 1 saturated carbocycles. The minimum Gasteiger partial charge on any atom is -0.478 e. The molecule has 0 heterocycles. The van der Waals surface area contributed by atoms with Crippen LogP contribution >= 0.6 is 0 Å². The van der Waals surface area contributed by atoms with Gasteiger partial charge in [-0.2, -0.15) is 0 Å². The number of aliphatic carboxylic acids is 1. The van der Waals surface area contributed by atoms with Crippen LogP contribution in [-0.4, -0.2) is 11.1 Å². The minimum absolute atomic E-state index is 0.485. The van der Waals surface area contributed by atoms with Crippen molar-refractivity contribution in [3.05, 3.63) is 11.6 Å². The average molecular weight is 210 g/mol. The molecule has 15 heavy (non-hydrogen) atoms. The first kappa shape index (κ1) is 12.3. The van der Waals surface area contributed by atoms with Crippen LogP contribution in [0.3, 0.4) is 0 Å². The summed E-state index contributed by atoms with van der Waals surface area (Å²) in [4.78, 5) is 10.6. The Bertz CT molecular complexity index is 235. The second-order valence-electron chi connectivity index (χ2n) is 4.90. The second-order valence-corrected chi connectivity index (χ2v) is 4.90. The lowest BCUT2D eigenvalue weighted by molar-refractivity contribution is -0.132. The summed E-state index contributed by atoms with van der Waals surface area (Å²) in [7, 11) is 0. The number of hydrogen-bond acceptors (Lipinski definition) is 1. The van der Waals surface area contributed by atoms with Crippen molar-refractivity contribution in [2.45, 2.75) is 52.4 Å². The summed E-state index contributed by atoms with van der Waals surface area (Å²) < 4.78 is 0. The highest BCUT2D eigenvalue weighted by molar-refractivity contribution is 5.85. The van der Waals surface area contributed by atoms with Crippen LogP contribution in [0.2, 0.25) is 0 Å². The van der Waals surface area contributed by atoms with Crippen molar-refractivity contribution in [2.75, 3.05) is 0 Å². The van der Waals surface area contributed by atoms with Gasteiger partial charge in [0.1, 0.15) is 0 Å². The Hall–Kier alpha value is -0.790. The molecule has 0 saturated heterocycles. The number of carboxylic acid groups (broad SMARTS) is 1. The Balaban J connectivity index is 2.20. The zero-order valence-corrected chi connectivity index (χ0v) is 9.83. The number of carboxylic acids is 1. The molecule has 86 valence electrons. The number of allylic oxidation sites excluding steroid dienone is 1. The van der Waals surface area contributed by atoms with Gasteiger partial charge in [-0.25, -0.2) is 4.79 Å². The molecule has 0 aliphatic heterocycles. The van der Waals surface area contributed by atoms with Gasteiger partial charge in [0.25, 0.3) is 0 Å². The number of carbonyl (C=O) groups is 1. The maximum Gasteiger partial charge on any atom is 0.330 e. The third-order valence-electron chi connectivity index (χ3n) is 3.50. The van der Waals surface area contributed by atoms with Gasteiger partial charge in [0.05, 0.1) is 0 Å². The molecule has 1 aliphatic rings. The van der Waals surface area contributed by atoms with Crippen LogP contribution in [0.4, 0.5) is 0 Å². The van der Waals surface area contributed by atoms with Crippen molar-refractivity contribution in [1.82, 2.24) is 0 Å². The SMILES string of the molecule is CC(=CCCC1CCC(C)CC1)C(=O)O. The standard InChI is InChI=1S/C13H22O2/c1-10-6-8-12(9-7-10)5-3-4-11(2)13(14)15/h4,10,12H,3,5-9H2,1-2H3,(H,14,15). The summed E-state index contributed by atoms with van der Waals surface area (Å²) >= 11 is 0. The van der Waals surface area contributed by atoms with Crippen LogP contribution < -0.4 is 0 Å².